The molecule has 1 fully saturated rings. The smallest absolute Gasteiger partial charge is 0.141 e. The molecule has 2 heterocycles. The van der Waals surface area contributed by atoms with Crippen molar-refractivity contribution in [1.29, 1.82) is 0 Å². The summed E-state index contributed by atoms with van der Waals surface area (Å²) in [5.74, 6) is 3.03. The van der Waals surface area contributed by atoms with Crippen LogP contribution in [0.15, 0.2) is 12.3 Å². The van der Waals surface area contributed by atoms with Crippen LogP contribution < -0.4 is 4.90 Å². The molecular weight excluding hydrogens is 235 g/mol. The van der Waals surface area contributed by atoms with Crippen molar-refractivity contribution in [3.8, 4) is 0 Å². The monoisotopic (exact) mass is 246 g/mol. The molecule has 0 unspecified atom stereocenters. The summed E-state index contributed by atoms with van der Waals surface area (Å²) < 4.78 is 13.0. The molecule has 5 heteroatoms. The Bertz CT molecular complexity index is 342. The van der Waals surface area contributed by atoms with Crippen LogP contribution in [-0.2, 0) is 5.88 Å². The molecule has 1 aromatic rings. The second-order valence-electron chi connectivity index (χ2n) is 3.37. The van der Waals surface area contributed by atoms with E-state index in [2.05, 4.69) is 9.88 Å². The van der Waals surface area contributed by atoms with Crippen molar-refractivity contribution in [3.05, 3.63) is 23.6 Å². The minimum atomic E-state index is -0.319. The lowest BCUT2D eigenvalue weighted by molar-refractivity contribution is 0.618. The summed E-state index contributed by atoms with van der Waals surface area (Å²) in [6.07, 6.45) is 1.26. The van der Waals surface area contributed by atoms with Gasteiger partial charge in [-0.05, 0) is 6.07 Å². The van der Waals surface area contributed by atoms with Crippen molar-refractivity contribution in [2.75, 3.05) is 29.5 Å². The zero-order valence-corrected chi connectivity index (χ0v) is 9.82. The second-order valence-corrected chi connectivity index (χ2v) is 4.86. The fourth-order valence-electron chi connectivity index (χ4n) is 1.63. The van der Waals surface area contributed by atoms with Crippen molar-refractivity contribution < 1.29 is 4.39 Å². The van der Waals surface area contributed by atoms with Crippen LogP contribution in [0.3, 0.4) is 0 Å². The standard InChI is InChI=1S/C10H12ClFN2S/c11-6-8-5-9(12)7-13-10(8)14-1-3-15-4-2-14/h5,7H,1-4,6H2. The van der Waals surface area contributed by atoms with Gasteiger partial charge in [0.2, 0.25) is 0 Å². The molecule has 1 aliphatic rings. The summed E-state index contributed by atoms with van der Waals surface area (Å²) >= 11 is 7.72. The lowest BCUT2D eigenvalue weighted by Crippen LogP contribution is -2.33. The number of pyridine rings is 1. The van der Waals surface area contributed by atoms with Crippen LogP contribution >= 0.6 is 23.4 Å². The SMILES string of the molecule is Fc1cnc(N2CCSCC2)c(CCl)c1. The van der Waals surface area contributed by atoms with Crippen LogP contribution in [0.5, 0.6) is 0 Å². The molecule has 0 radical (unpaired) electrons. The van der Waals surface area contributed by atoms with Crippen molar-refractivity contribution >= 4 is 29.2 Å². The molecule has 0 atom stereocenters. The van der Waals surface area contributed by atoms with Gasteiger partial charge in [-0.1, -0.05) is 0 Å². The average Bonchev–Trinajstić information content (AvgIpc) is 2.30. The zero-order chi connectivity index (χ0) is 10.7. The Morgan fingerprint density at radius 1 is 1.47 bits per heavy atom. The van der Waals surface area contributed by atoms with Gasteiger partial charge < -0.3 is 4.90 Å². The van der Waals surface area contributed by atoms with E-state index in [1.807, 2.05) is 11.8 Å². The average molecular weight is 247 g/mol. The maximum absolute atomic E-state index is 13.0. The number of nitrogens with zero attached hydrogens (tertiary/aromatic N) is 2. The van der Waals surface area contributed by atoms with Crippen molar-refractivity contribution in [2.45, 2.75) is 5.88 Å². The number of halogens is 2. The van der Waals surface area contributed by atoms with Crippen molar-refractivity contribution in [2.24, 2.45) is 0 Å². The topological polar surface area (TPSA) is 16.1 Å². The fraction of sp³-hybridized carbons (Fsp3) is 0.500. The van der Waals surface area contributed by atoms with Gasteiger partial charge in [0.1, 0.15) is 11.6 Å². The number of thioether (sulfide) groups is 1. The van der Waals surface area contributed by atoms with Gasteiger partial charge in [0.25, 0.3) is 0 Å². The highest BCUT2D eigenvalue weighted by Crippen LogP contribution is 2.23. The minimum Gasteiger partial charge on any atom is -0.355 e. The van der Waals surface area contributed by atoms with E-state index in [4.69, 9.17) is 11.6 Å². The molecule has 0 N–H and O–H groups in total. The molecule has 2 rings (SSSR count). The first-order valence-electron chi connectivity index (χ1n) is 4.84. The van der Waals surface area contributed by atoms with Gasteiger partial charge in [-0.15, -0.1) is 11.6 Å². The summed E-state index contributed by atoms with van der Waals surface area (Å²) in [6.45, 7) is 1.93. The normalized spacial score (nSPS) is 16.8. The van der Waals surface area contributed by atoms with Crippen LogP contribution in [0.2, 0.25) is 0 Å². The van der Waals surface area contributed by atoms with Gasteiger partial charge in [-0.2, -0.15) is 11.8 Å². The summed E-state index contributed by atoms with van der Waals surface area (Å²) in [5.41, 5.74) is 0.781. The van der Waals surface area contributed by atoms with Gasteiger partial charge in [0.15, 0.2) is 0 Å². The van der Waals surface area contributed by atoms with E-state index in [-0.39, 0.29) is 5.82 Å². The van der Waals surface area contributed by atoms with Crippen LogP contribution in [0.4, 0.5) is 10.2 Å². The second kappa shape index (κ2) is 5.03. The summed E-state index contributed by atoms with van der Waals surface area (Å²) in [4.78, 5) is 6.30. The van der Waals surface area contributed by atoms with Crippen LogP contribution in [0.25, 0.3) is 0 Å². The van der Waals surface area contributed by atoms with Crippen LogP contribution in [0.1, 0.15) is 5.56 Å². The Labute approximate surface area is 97.8 Å². The Morgan fingerprint density at radius 2 is 2.20 bits per heavy atom. The van der Waals surface area contributed by atoms with E-state index < -0.39 is 0 Å². The Hall–Kier alpha value is -0.480. The number of rotatable bonds is 2. The van der Waals surface area contributed by atoms with Crippen molar-refractivity contribution in [1.82, 2.24) is 4.98 Å². The molecule has 0 amide bonds. The van der Waals surface area contributed by atoms with Gasteiger partial charge in [0, 0.05) is 30.2 Å². The third-order valence-corrected chi connectivity index (χ3v) is 3.59. The number of aromatic nitrogens is 1. The first kappa shape index (κ1) is 11.0. The Kier molecular flexibility index (Phi) is 3.70. The van der Waals surface area contributed by atoms with Crippen LogP contribution in [0, 0.1) is 5.82 Å². The molecule has 82 valence electrons. The molecule has 2 nitrogen and oxygen atoms in total. The lowest BCUT2D eigenvalue weighted by Gasteiger charge is -2.28. The highest BCUT2D eigenvalue weighted by Gasteiger charge is 2.15. The molecule has 1 aliphatic heterocycles. The third-order valence-electron chi connectivity index (χ3n) is 2.36. The zero-order valence-electron chi connectivity index (χ0n) is 8.25. The molecule has 0 aliphatic carbocycles. The van der Waals surface area contributed by atoms with Gasteiger partial charge in [-0.25, -0.2) is 9.37 Å². The molecule has 0 aromatic carbocycles. The van der Waals surface area contributed by atoms with Gasteiger partial charge in [0.05, 0.1) is 12.1 Å². The van der Waals surface area contributed by atoms with E-state index in [1.54, 1.807) is 0 Å². The minimum absolute atomic E-state index is 0.309. The third kappa shape index (κ3) is 2.55. The highest BCUT2D eigenvalue weighted by molar-refractivity contribution is 7.99. The van der Waals surface area contributed by atoms with Gasteiger partial charge in [-0.3, -0.25) is 0 Å². The molecule has 0 bridgehead atoms. The predicted octanol–water partition coefficient (Wildman–Crippen LogP) is 2.51. The first-order valence-corrected chi connectivity index (χ1v) is 6.53. The van der Waals surface area contributed by atoms with Crippen LogP contribution in [-0.4, -0.2) is 29.6 Å². The maximum Gasteiger partial charge on any atom is 0.141 e. The Morgan fingerprint density at radius 3 is 2.87 bits per heavy atom. The number of anilines is 1. The molecule has 1 saturated heterocycles. The molecule has 1 aromatic heterocycles. The Balaban J connectivity index is 2.25. The quantitative estimate of drug-likeness (QED) is 0.746. The van der Waals surface area contributed by atoms with E-state index >= 15 is 0 Å². The number of hydrogen-bond donors (Lipinski definition) is 0. The molecular formula is C10H12ClFN2S. The fourth-order valence-corrected chi connectivity index (χ4v) is 2.73. The van der Waals surface area contributed by atoms with E-state index in [9.17, 15) is 4.39 Å². The number of hydrogen-bond acceptors (Lipinski definition) is 3. The molecule has 0 spiro atoms. The predicted molar refractivity (Wildman–Crippen MR) is 63.3 cm³/mol. The largest absolute Gasteiger partial charge is 0.355 e. The first-order chi connectivity index (χ1) is 7.31. The number of alkyl halides is 1. The maximum atomic E-state index is 13.0. The summed E-state index contributed by atoms with van der Waals surface area (Å²) in [6, 6.07) is 1.47. The summed E-state index contributed by atoms with van der Waals surface area (Å²) in [7, 11) is 0. The lowest BCUT2D eigenvalue weighted by atomic mass is 10.2. The van der Waals surface area contributed by atoms with Crippen molar-refractivity contribution in [3.63, 3.8) is 0 Å². The summed E-state index contributed by atoms with van der Waals surface area (Å²) in [5, 5.41) is 0. The molecule has 15 heavy (non-hydrogen) atoms. The van der Waals surface area contributed by atoms with E-state index in [0.29, 0.717) is 5.88 Å². The van der Waals surface area contributed by atoms with E-state index in [1.165, 1.54) is 12.3 Å². The van der Waals surface area contributed by atoms with E-state index in [0.717, 1.165) is 36.0 Å². The van der Waals surface area contributed by atoms with Gasteiger partial charge >= 0.3 is 0 Å². The molecule has 0 saturated carbocycles. The highest BCUT2D eigenvalue weighted by atomic mass is 35.5.